The van der Waals surface area contributed by atoms with E-state index < -0.39 is 17.6 Å². The fourth-order valence-electron chi connectivity index (χ4n) is 1.30. The lowest BCUT2D eigenvalue weighted by molar-refractivity contribution is 0.0695. The van der Waals surface area contributed by atoms with Crippen LogP contribution in [0.4, 0.5) is 8.78 Å². The maximum absolute atomic E-state index is 13.5. The molecule has 0 bridgehead atoms. The average Bonchev–Trinajstić information content (AvgIpc) is 2.60. The van der Waals surface area contributed by atoms with E-state index in [1.54, 1.807) is 22.6 Å². The van der Waals surface area contributed by atoms with Crippen molar-refractivity contribution in [3.8, 4) is 5.69 Å². The van der Waals surface area contributed by atoms with E-state index >= 15 is 0 Å². The Morgan fingerprint density at radius 2 is 2.12 bits per heavy atom. The number of aromatic nitrogens is 2. The average molecular weight is 350 g/mol. The quantitative estimate of drug-likeness (QED) is 0.847. The maximum Gasteiger partial charge on any atom is 0.340 e. The maximum atomic E-state index is 13.5. The Balaban J connectivity index is 2.57. The smallest absolute Gasteiger partial charge is 0.340 e. The molecule has 1 N–H and O–H groups in total. The summed E-state index contributed by atoms with van der Waals surface area (Å²) < 4.78 is 27.6. The summed E-state index contributed by atoms with van der Waals surface area (Å²) >= 11 is 1.74. The topological polar surface area (TPSA) is 55.1 Å². The van der Waals surface area contributed by atoms with Gasteiger partial charge in [0.15, 0.2) is 5.82 Å². The first-order chi connectivity index (χ1) is 8.00. The molecule has 2 aromatic rings. The summed E-state index contributed by atoms with van der Waals surface area (Å²) in [5.41, 5.74) is -0.0300. The minimum absolute atomic E-state index is 0.00306. The predicted octanol–water partition coefficient (Wildman–Crippen LogP) is 2.45. The van der Waals surface area contributed by atoms with Crippen molar-refractivity contribution in [1.82, 2.24) is 9.78 Å². The van der Waals surface area contributed by atoms with Crippen molar-refractivity contribution in [3.63, 3.8) is 0 Å². The lowest BCUT2D eigenvalue weighted by Gasteiger charge is -2.04. The number of hydrogen-bond donors (Lipinski definition) is 1. The first kappa shape index (κ1) is 12.0. The Morgan fingerprint density at radius 1 is 1.41 bits per heavy atom. The molecule has 4 nitrogen and oxygen atoms in total. The van der Waals surface area contributed by atoms with Crippen LogP contribution in [-0.2, 0) is 0 Å². The third kappa shape index (κ3) is 2.14. The monoisotopic (exact) mass is 350 g/mol. The van der Waals surface area contributed by atoms with Gasteiger partial charge >= 0.3 is 5.97 Å². The SMILES string of the molecule is O=C(O)c1cnn(-c2ccc(F)cc2F)c1I. The van der Waals surface area contributed by atoms with E-state index in [1.807, 2.05) is 0 Å². The largest absolute Gasteiger partial charge is 0.478 e. The van der Waals surface area contributed by atoms with Gasteiger partial charge in [-0.15, -0.1) is 0 Å². The Bertz CT molecular complexity index is 598. The van der Waals surface area contributed by atoms with E-state index in [2.05, 4.69) is 5.10 Å². The fraction of sp³-hybridized carbons (Fsp3) is 0. The minimum atomic E-state index is -1.15. The fourth-order valence-corrected chi connectivity index (χ4v) is 2.05. The number of nitrogens with zero attached hydrogens (tertiary/aromatic N) is 2. The Morgan fingerprint density at radius 3 is 2.65 bits per heavy atom. The highest BCUT2D eigenvalue weighted by Gasteiger charge is 2.17. The van der Waals surface area contributed by atoms with Crippen LogP contribution in [0.15, 0.2) is 24.4 Å². The molecule has 0 amide bonds. The normalized spacial score (nSPS) is 10.5. The summed E-state index contributed by atoms with van der Waals surface area (Å²) in [5, 5.41) is 12.6. The molecule has 1 aromatic carbocycles. The van der Waals surface area contributed by atoms with Gasteiger partial charge in [0.05, 0.1) is 6.20 Å². The molecule has 2 rings (SSSR count). The second-order valence-electron chi connectivity index (χ2n) is 3.16. The van der Waals surface area contributed by atoms with Crippen molar-refractivity contribution in [1.29, 1.82) is 0 Å². The van der Waals surface area contributed by atoms with Gasteiger partial charge in [-0.05, 0) is 34.7 Å². The van der Waals surface area contributed by atoms with E-state index in [0.717, 1.165) is 16.9 Å². The van der Waals surface area contributed by atoms with Gasteiger partial charge in [-0.2, -0.15) is 5.10 Å². The Labute approximate surface area is 108 Å². The first-order valence-corrected chi connectivity index (χ1v) is 5.51. The van der Waals surface area contributed by atoms with Gasteiger partial charge in [0, 0.05) is 6.07 Å². The molecule has 1 aromatic heterocycles. The highest BCUT2D eigenvalue weighted by Crippen LogP contribution is 2.20. The third-order valence-electron chi connectivity index (χ3n) is 2.08. The number of carbonyl (C=O) groups is 1. The molecule has 88 valence electrons. The van der Waals surface area contributed by atoms with Crippen LogP contribution in [0.25, 0.3) is 5.69 Å². The van der Waals surface area contributed by atoms with Gasteiger partial charge in [0.25, 0.3) is 0 Å². The van der Waals surface area contributed by atoms with E-state index in [1.165, 1.54) is 6.07 Å². The number of carboxylic acids is 1. The lowest BCUT2D eigenvalue weighted by Crippen LogP contribution is -2.04. The van der Waals surface area contributed by atoms with Crippen LogP contribution >= 0.6 is 22.6 Å². The summed E-state index contributed by atoms with van der Waals surface area (Å²) in [4.78, 5) is 10.8. The van der Waals surface area contributed by atoms with Crippen molar-refractivity contribution in [2.75, 3.05) is 0 Å². The van der Waals surface area contributed by atoms with Gasteiger partial charge in [0.1, 0.15) is 20.8 Å². The van der Waals surface area contributed by atoms with Gasteiger partial charge < -0.3 is 5.11 Å². The van der Waals surface area contributed by atoms with Crippen molar-refractivity contribution in [2.24, 2.45) is 0 Å². The Kier molecular flexibility index (Phi) is 3.09. The minimum Gasteiger partial charge on any atom is -0.478 e. The van der Waals surface area contributed by atoms with Crippen molar-refractivity contribution in [3.05, 3.63) is 45.3 Å². The standard InChI is InChI=1S/C10H5F2IN2O2/c11-5-1-2-8(7(12)3-5)15-9(13)6(4-14-15)10(16)17/h1-4H,(H,16,17). The van der Waals surface area contributed by atoms with Crippen LogP contribution in [0.1, 0.15) is 10.4 Å². The third-order valence-corrected chi connectivity index (χ3v) is 3.12. The molecule has 0 saturated heterocycles. The summed E-state index contributed by atoms with van der Waals surface area (Å²) in [5.74, 6) is -2.65. The van der Waals surface area contributed by atoms with Crippen LogP contribution in [-0.4, -0.2) is 20.9 Å². The highest BCUT2D eigenvalue weighted by molar-refractivity contribution is 14.1. The van der Waals surface area contributed by atoms with Crippen LogP contribution in [0.3, 0.4) is 0 Å². The summed E-state index contributed by atoms with van der Waals surface area (Å²) in [6, 6.07) is 3.00. The molecule has 0 spiro atoms. The molecule has 0 aliphatic heterocycles. The molecule has 0 unspecified atom stereocenters. The lowest BCUT2D eigenvalue weighted by atomic mass is 10.3. The summed E-state index contributed by atoms with van der Waals surface area (Å²) in [6.07, 6.45) is 1.12. The zero-order valence-electron chi connectivity index (χ0n) is 8.19. The summed E-state index contributed by atoms with van der Waals surface area (Å²) in [7, 11) is 0. The molecule has 0 aliphatic carbocycles. The molecule has 0 radical (unpaired) electrons. The molecule has 0 atom stereocenters. The molecule has 0 aliphatic rings. The van der Waals surface area contributed by atoms with Gasteiger partial charge in [0.2, 0.25) is 0 Å². The molecule has 0 saturated carbocycles. The molecule has 1 heterocycles. The van der Waals surface area contributed by atoms with E-state index in [9.17, 15) is 13.6 Å². The Hall–Kier alpha value is -1.51. The molecular weight excluding hydrogens is 345 g/mol. The zero-order chi connectivity index (χ0) is 12.6. The number of aromatic carboxylic acids is 1. The van der Waals surface area contributed by atoms with Crippen molar-refractivity contribution >= 4 is 28.6 Å². The molecule has 0 fully saturated rings. The van der Waals surface area contributed by atoms with E-state index in [0.29, 0.717) is 6.07 Å². The number of rotatable bonds is 2. The van der Waals surface area contributed by atoms with Crippen LogP contribution in [0, 0.1) is 15.3 Å². The van der Waals surface area contributed by atoms with Crippen molar-refractivity contribution in [2.45, 2.75) is 0 Å². The number of benzene rings is 1. The van der Waals surface area contributed by atoms with E-state index in [-0.39, 0.29) is 15.0 Å². The van der Waals surface area contributed by atoms with Gasteiger partial charge in [-0.3, -0.25) is 0 Å². The number of carboxylic acid groups (broad SMARTS) is 1. The second-order valence-corrected chi connectivity index (χ2v) is 4.18. The number of halogens is 3. The molecule has 17 heavy (non-hydrogen) atoms. The number of hydrogen-bond acceptors (Lipinski definition) is 2. The van der Waals surface area contributed by atoms with Crippen LogP contribution in [0.2, 0.25) is 0 Å². The zero-order valence-corrected chi connectivity index (χ0v) is 10.4. The first-order valence-electron chi connectivity index (χ1n) is 4.43. The highest BCUT2D eigenvalue weighted by atomic mass is 127. The molecule has 7 heteroatoms. The molecular formula is C10H5F2IN2O2. The second kappa shape index (κ2) is 4.40. The van der Waals surface area contributed by atoms with Gasteiger partial charge in [-0.1, -0.05) is 0 Å². The predicted molar refractivity (Wildman–Crippen MR) is 63.2 cm³/mol. The van der Waals surface area contributed by atoms with Crippen LogP contribution < -0.4 is 0 Å². The summed E-state index contributed by atoms with van der Waals surface area (Å²) in [6.45, 7) is 0. The van der Waals surface area contributed by atoms with Crippen LogP contribution in [0.5, 0.6) is 0 Å². The van der Waals surface area contributed by atoms with E-state index in [4.69, 9.17) is 5.11 Å². The van der Waals surface area contributed by atoms with Crippen molar-refractivity contribution < 1.29 is 18.7 Å². The van der Waals surface area contributed by atoms with Gasteiger partial charge in [-0.25, -0.2) is 18.3 Å².